The van der Waals surface area contributed by atoms with Gasteiger partial charge in [0.15, 0.2) is 0 Å². The largest absolute Gasteiger partial charge is 0.461 e. The lowest BCUT2D eigenvalue weighted by Crippen LogP contribution is -2.06. The summed E-state index contributed by atoms with van der Waals surface area (Å²) in [5, 5.41) is 0. The first-order valence-electron chi connectivity index (χ1n) is 6.63. The number of carbonyl (C=O) groups is 1. The highest BCUT2D eigenvalue weighted by molar-refractivity contribution is 7.86. The summed E-state index contributed by atoms with van der Waals surface area (Å²) in [5.41, 5.74) is 1.46. The van der Waals surface area contributed by atoms with Crippen LogP contribution < -0.4 is 0 Å². The Labute approximate surface area is 129 Å². The third-order valence-electron chi connectivity index (χ3n) is 2.85. The molecule has 0 radical (unpaired) electrons. The second-order valence-electron chi connectivity index (χ2n) is 4.63. The van der Waals surface area contributed by atoms with Gasteiger partial charge >= 0.3 is 5.97 Å². The lowest BCUT2D eigenvalue weighted by molar-refractivity contribution is -0.142. The van der Waals surface area contributed by atoms with E-state index in [0.29, 0.717) is 5.56 Å². The van der Waals surface area contributed by atoms with Gasteiger partial charge in [0.05, 0.1) is 11.5 Å². The average molecular weight is 320 g/mol. The molecule has 0 fully saturated rings. The minimum atomic E-state index is -3.78. The van der Waals surface area contributed by atoms with Crippen LogP contribution in [-0.2, 0) is 37.0 Å². The van der Waals surface area contributed by atoms with Crippen molar-refractivity contribution in [2.24, 2.45) is 0 Å². The van der Waals surface area contributed by atoms with E-state index in [2.05, 4.69) is 0 Å². The molecule has 6 heteroatoms. The second kappa shape index (κ2) is 7.20. The molecular formula is C16H16O5S. The summed E-state index contributed by atoms with van der Waals surface area (Å²) in [7, 11) is -3.78. The quantitative estimate of drug-likeness (QED) is 0.604. The molecule has 2 aromatic carbocycles. The Morgan fingerprint density at radius 3 is 2.23 bits per heavy atom. The van der Waals surface area contributed by atoms with Gasteiger partial charge in [-0.3, -0.25) is 8.98 Å². The molecule has 0 atom stereocenters. The molecule has 0 aromatic heterocycles. The first-order valence-corrected chi connectivity index (χ1v) is 8.04. The van der Waals surface area contributed by atoms with Crippen molar-refractivity contribution in [2.45, 2.75) is 25.0 Å². The molecule has 2 rings (SSSR count). The van der Waals surface area contributed by atoms with Crippen molar-refractivity contribution in [3.05, 3.63) is 65.7 Å². The van der Waals surface area contributed by atoms with E-state index in [0.717, 1.165) is 5.56 Å². The van der Waals surface area contributed by atoms with E-state index in [1.807, 2.05) is 0 Å². The molecule has 2 aromatic rings. The van der Waals surface area contributed by atoms with Gasteiger partial charge < -0.3 is 4.74 Å². The lowest BCUT2D eigenvalue weighted by Gasteiger charge is -2.07. The average Bonchev–Trinajstić information content (AvgIpc) is 2.52. The van der Waals surface area contributed by atoms with E-state index in [-0.39, 0.29) is 24.1 Å². The summed E-state index contributed by atoms with van der Waals surface area (Å²) in [4.78, 5) is 10.9. The SMILES string of the molecule is CC(=O)OCc1cccc(COS(=O)(=O)c2ccccc2)c1. The number of benzene rings is 2. The van der Waals surface area contributed by atoms with Crippen LogP contribution in [0.5, 0.6) is 0 Å². The molecule has 0 aliphatic carbocycles. The first kappa shape index (κ1) is 16.2. The normalized spacial score (nSPS) is 11.1. The molecule has 22 heavy (non-hydrogen) atoms. The van der Waals surface area contributed by atoms with Crippen LogP contribution in [0.2, 0.25) is 0 Å². The predicted octanol–water partition coefficient (Wildman–Crippen LogP) is 2.66. The van der Waals surface area contributed by atoms with Gasteiger partial charge in [-0.15, -0.1) is 0 Å². The van der Waals surface area contributed by atoms with Crippen molar-refractivity contribution in [1.29, 1.82) is 0 Å². The monoisotopic (exact) mass is 320 g/mol. The summed E-state index contributed by atoms with van der Waals surface area (Å²) >= 11 is 0. The van der Waals surface area contributed by atoms with Crippen molar-refractivity contribution >= 4 is 16.1 Å². The van der Waals surface area contributed by atoms with Crippen LogP contribution in [0, 0.1) is 0 Å². The van der Waals surface area contributed by atoms with E-state index >= 15 is 0 Å². The standard InChI is InChI=1S/C16H16O5S/c1-13(17)20-11-14-6-5-7-15(10-14)12-21-22(18,19)16-8-3-2-4-9-16/h2-10H,11-12H2,1H3. The van der Waals surface area contributed by atoms with Crippen LogP contribution in [0.1, 0.15) is 18.1 Å². The van der Waals surface area contributed by atoms with Crippen molar-refractivity contribution in [3.8, 4) is 0 Å². The molecule has 116 valence electrons. The van der Waals surface area contributed by atoms with Crippen molar-refractivity contribution in [1.82, 2.24) is 0 Å². The topological polar surface area (TPSA) is 69.7 Å². The highest BCUT2D eigenvalue weighted by Crippen LogP contribution is 2.15. The fraction of sp³-hybridized carbons (Fsp3) is 0.188. The Hall–Kier alpha value is -2.18. The number of ether oxygens (including phenoxy) is 1. The maximum Gasteiger partial charge on any atom is 0.302 e. The van der Waals surface area contributed by atoms with Gasteiger partial charge in [0, 0.05) is 6.92 Å². The summed E-state index contributed by atoms with van der Waals surface area (Å²) < 4.78 is 34.0. The smallest absolute Gasteiger partial charge is 0.302 e. The fourth-order valence-corrected chi connectivity index (χ4v) is 2.71. The Balaban J connectivity index is 2.02. The molecule has 5 nitrogen and oxygen atoms in total. The zero-order valence-electron chi connectivity index (χ0n) is 12.1. The maximum absolute atomic E-state index is 12.0. The number of carbonyl (C=O) groups excluding carboxylic acids is 1. The van der Waals surface area contributed by atoms with Crippen LogP contribution in [0.3, 0.4) is 0 Å². The van der Waals surface area contributed by atoms with Crippen molar-refractivity contribution in [3.63, 3.8) is 0 Å². The third kappa shape index (κ3) is 4.68. The molecule has 0 N–H and O–H groups in total. The number of esters is 1. The summed E-state index contributed by atoms with van der Waals surface area (Å²) in [5.74, 6) is -0.367. The van der Waals surface area contributed by atoms with Gasteiger partial charge in [-0.25, -0.2) is 0 Å². The van der Waals surface area contributed by atoms with Crippen LogP contribution in [-0.4, -0.2) is 14.4 Å². The second-order valence-corrected chi connectivity index (χ2v) is 6.24. The van der Waals surface area contributed by atoms with Gasteiger partial charge in [0.25, 0.3) is 10.1 Å². The van der Waals surface area contributed by atoms with Crippen LogP contribution in [0.4, 0.5) is 0 Å². The molecule has 0 spiro atoms. The fourth-order valence-electron chi connectivity index (χ4n) is 1.80. The van der Waals surface area contributed by atoms with E-state index in [1.54, 1.807) is 42.5 Å². The van der Waals surface area contributed by atoms with Gasteiger partial charge in [-0.2, -0.15) is 8.42 Å². The molecule has 0 bridgehead atoms. The van der Waals surface area contributed by atoms with Crippen LogP contribution in [0.15, 0.2) is 59.5 Å². The Morgan fingerprint density at radius 1 is 0.955 bits per heavy atom. The zero-order valence-corrected chi connectivity index (χ0v) is 12.9. The van der Waals surface area contributed by atoms with Crippen molar-refractivity contribution < 1.29 is 22.1 Å². The predicted molar refractivity (Wildman–Crippen MR) is 80.3 cm³/mol. The van der Waals surface area contributed by atoms with Gasteiger partial charge in [-0.1, -0.05) is 42.5 Å². The molecule has 0 aliphatic rings. The molecule has 0 saturated heterocycles. The van der Waals surface area contributed by atoms with E-state index in [4.69, 9.17) is 8.92 Å². The van der Waals surface area contributed by atoms with Gasteiger partial charge in [0.1, 0.15) is 6.61 Å². The Kier molecular flexibility index (Phi) is 5.30. The zero-order chi connectivity index (χ0) is 16.0. The minimum Gasteiger partial charge on any atom is -0.461 e. The molecule has 0 heterocycles. The number of hydrogen-bond donors (Lipinski definition) is 0. The van der Waals surface area contributed by atoms with E-state index in [9.17, 15) is 13.2 Å². The summed E-state index contributed by atoms with van der Waals surface area (Å²) in [6.45, 7) is 1.40. The van der Waals surface area contributed by atoms with Crippen LogP contribution in [0.25, 0.3) is 0 Å². The van der Waals surface area contributed by atoms with E-state index in [1.165, 1.54) is 19.1 Å². The Morgan fingerprint density at radius 2 is 1.59 bits per heavy atom. The summed E-state index contributed by atoms with van der Waals surface area (Å²) in [6, 6.07) is 15.0. The maximum atomic E-state index is 12.0. The van der Waals surface area contributed by atoms with Crippen LogP contribution >= 0.6 is 0 Å². The highest BCUT2D eigenvalue weighted by atomic mass is 32.2. The lowest BCUT2D eigenvalue weighted by atomic mass is 10.1. The summed E-state index contributed by atoms with van der Waals surface area (Å²) in [6.07, 6.45) is 0. The minimum absolute atomic E-state index is 0.0782. The molecule has 0 unspecified atom stereocenters. The molecule has 0 amide bonds. The Bertz CT molecular complexity index is 738. The highest BCUT2D eigenvalue weighted by Gasteiger charge is 2.14. The number of rotatable bonds is 6. The first-order chi connectivity index (χ1) is 10.5. The third-order valence-corrected chi connectivity index (χ3v) is 4.12. The van der Waals surface area contributed by atoms with E-state index < -0.39 is 10.1 Å². The van der Waals surface area contributed by atoms with Gasteiger partial charge in [-0.05, 0) is 23.3 Å². The molecule has 0 saturated carbocycles. The van der Waals surface area contributed by atoms with Crippen molar-refractivity contribution in [2.75, 3.05) is 0 Å². The van der Waals surface area contributed by atoms with Gasteiger partial charge in [0.2, 0.25) is 0 Å². The molecule has 0 aliphatic heterocycles. The molecular weight excluding hydrogens is 304 g/mol. The number of hydrogen-bond acceptors (Lipinski definition) is 5.